The third-order valence-electron chi connectivity index (χ3n) is 4.37. The molecule has 1 unspecified atom stereocenters. The third-order valence-corrected chi connectivity index (χ3v) is 4.37. The number of likely N-dealkylation sites (tertiary alicyclic amines) is 1. The van der Waals surface area contributed by atoms with Crippen LogP contribution in [0.15, 0.2) is 0 Å². The summed E-state index contributed by atoms with van der Waals surface area (Å²) in [7, 11) is 0. The molecule has 0 radical (unpaired) electrons. The lowest BCUT2D eigenvalue weighted by atomic mass is 9.81. The van der Waals surface area contributed by atoms with Crippen molar-refractivity contribution in [1.29, 1.82) is 0 Å². The molecule has 1 amide bonds. The van der Waals surface area contributed by atoms with Crippen LogP contribution in [0.5, 0.6) is 0 Å². The molecule has 2 fully saturated rings. The fraction of sp³-hybridized carbons (Fsp3) is 0.929. The number of carbonyl (C=O) groups excluding carboxylic acids is 1. The summed E-state index contributed by atoms with van der Waals surface area (Å²) >= 11 is 0. The van der Waals surface area contributed by atoms with E-state index in [0.717, 1.165) is 45.6 Å². The SMILES string of the molecule is CCOC(=O)N1CCC(NCC2(CO)CCOCC2)C1. The second kappa shape index (κ2) is 7.24. The Kier molecular flexibility index (Phi) is 5.63. The van der Waals surface area contributed by atoms with Gasteiger partial charge in [0.2, 0.25) is 0 Å². The number of nitrogens with one attached hydrogen (secondary N) is 1. The van der Waals surface area contributed by atoms with Crippen LogP contribution < -0.4 is 5.32 Å². The molecule has 2 aliphatic rings. The zero-order chi connectivity index (χ0) is 14.4. The zero-order valence-corrected chi connectivity index (χ0v) is 12.3. The van der Waals surface area contributed by atoms with Gasteiger partial charge in [-0.25, -0.2) is 4.79 Å². The first-order chi connectivity index (χ1) is 9.69. The number of carbonyl (C=O) groups is 1. The van der Waals surface area contributed by atoms with E-state index in [1.165, 1.54) is 0 Å². The van der Waals surface area contributed by atoms with Gasteiger partial charge in [-0.15, -0.1) is 0 Å². The van der Waals surface area contributed by atoms with Gasteiger partial charge in [0.1, 0.15) is 0 Å². The van der Waals surface area contributed by atoms with E-state index in [1.807, 2.05) is 6.92 Å². The van der Waals surface area contributed by atoms with Crippen LogP contribution >= 0.6 is 0 Å². The van der Waals surface area contributed by atoms with Crippen molar-refractivity contribution in [3.63, 3.8) is 0 Å². The normalized spacial score (nSPS) is 25.7. The van der Waals surface area contributed by atoms with Gasteiger partial charge in [-0.3, -0.25) is 0 Å². The summed E-state index contributed by atoms with van der Waals surface area (Å²) in [5, 5.41) is 13.2. The van der Waals surface area contributed by atoms with Crippen LogP contribution in [0.1, 0.15) is 26.2 Å². The number of rotatable bonds is 5. The van der Waals surface area contributed by atoms with Gasteiger partial charge in [0.05, 0.1) is 13.2 Å². The molecule has 116 valence electrons. The summed E-state index contributed by atoms with van der Waals surface area (Å²) in [5.74, 6) is 0. The Morgan fingerprint density at radius 2 is 2.25 bits per heavy atom. The highest BCUT2D eigenvalue weighted by Gasteiger charge is 2.34. The number of amides is 1. The van der Waals surface area contributed by atoms with Crippen LogP contribution in [0, 0.1) is 5.41 Å². The first kappa shape index (κ1) is 15.5. The molecule has 0 aromatic heterocycles. The lowest BCUT2D eigenvalue weighted by molar-refractivity contribution is -0.0163. The van der Waals surface area contributed by atoms with Crippen LogP contribution in [0.2, 0.25) is 0 Å². The van der Waals surface area contributed by atoms with E-state index in [9.17, 15) is 9.90 Å². The second-order valence-electron chi connectivity index (χ2n) is 5.78. The minimum Gasteiger partial charge on any atom is -0.450 e. The Hall–Kier alpha value is -0.850. The van der Waals surface area contributed by atoms with Crippen molar-refractivity contribution in [3.05, 3.63) is 0 Å². The number of aliphatic hydroxyl groups excluding tert-OH is 1. The van der Waals surface area contributed by atoms with E-state index in [2.05, 4.69) is 5.32 Å². The van der Waals surface area contributed by atoms with Gasteiger partial charge in [-0.1, -0.05) is 0 Å². The van der Waals surface area contributed by atoms with Gasteiger partial charge in [0.25, 0.3) is 0 Å². The molecule has 2 aliphatic heterocycles. The summed E-state index contributed by atoms with van der Waals surface area (Å²) in [6.07, 6.45) is 2.51. The lowest BCUT2D eigenvalue weighted by Gasteiger charge is -2.36. The highest BCUT2D eigenvalue weighted by atomic mass is 16.6. The molecule has 0 aromatic rings. The average molecular weight is 286 g/mol. The molecule has 0 aromatic carbocycles. The van der Waals surface area contributed by atoms with E-state index in [0.29, 0.717) is 19.2 Å². The topological polar surface area (TPSA) is 71.0 Å². The fourth-order valence-electron chi connectivity index (χ4n) is 2.86. The van der Waals surface area contributed by atoms with Gasteiger partial charge in [-0.05, 0) is 26.2 Å². The summed E-state index contributed by atoms with van der Waals surface area (Å²) in [4.78, 5) is 13.4. The van der Waals surface area contributed by atoms with Crippen molar-refractivity contribution in [1.82, 2.24) is 10.2 Å². The zero-order valence-electron chi connectivity index (χ0n) is 12.3. The van der Waals surface area contributed by atoms with E-state index >= 15 is 0 Å². The summed E-state index contributed by atoms with van der Waals surface area (Å²) in [5.41, 5.74) is -0.0599. The van der Waals surface area contributed by atoms with Gasteiger partial charge in [0, 0.05) is 44.3 Å². The molecule has 0 spiro atoms. The first-order valence-corrected chi connectivity index (χ1v) is 7.53. The molecule has 1 atom stereocenters. The van der Waals surface area contributed by atoms with Crippen molar-refractivity contribution in [2.45, 2.75) is 32.2 Å². The lowest BCUT2D eigenvalue weighted by Crippen LogP contribution is -2.46. The quantitative estimate of drug-likeness (QED) is 0.774. The smallest absolute Gasteiger partial charge is 0.409 e. The summed E-state index contributed by atoms with van der Waals surface area (Å²) < 4.78 is 10.4. The van der Waals surface area contributed by atoms with Crippen molar-refractivity contribution in [2.75, 3.05) is 46.1 Å². The van der Waals surface area contributed by atoms with Crippen molar-refractivity contribution in [2.24, 2.45) is 5.41 Å². The van der Waals surface area contributed by atoms with E-state index in [4.69, 9.17) is 9.47 Å². The van der Waals surface area contributed by atoms with Crippen LogP contribution in [0.25, 0.3) is 0 Å². The van der Waals surface area contributed by atoms with Gasteiger partial charge < -0.3 is 24.8 Å². The predicted molar refractivity (Wildman–Crippen MR) is 74.6 cm³/mol. The Morgan fingerprint density at radius 3 is 2.90 bits per heavy atom. The number of hydrogen-bond acceptors (Lipinski definition) is 5. The Morgan fingerprint density at radius 1 is 1.50 bits per heavy atom. The predicted octanol–water partition coefficient (Wildman–Crippen LogP) is 0.596. The van der Waals surface area contributed by atoms with Gasteiger partial charge in [-0.2, -0.15) is 0 Å². The van der Waals surface area contributed by atoms with E-state index in [1.54, 1.807) is 4.90 Å². The minimum absolute atomic E-state index is 0.0599. The Labute approximate surface area is 120 Å². The fourth-order valence-corrected chi connectivity index (χ4v) is 2.86. The summed E-state index contributed by atoms with van der Waals surface area (Å²) in [6, 6.07) is 0.297. The van der Waals surface area contributed by atoms with Crippen molar-refractivity contribution >= 4 is 6.09 Å². The monoisotopic (exact) mass is 286 g/mol. The molecular weight excluding hydrogens is 260 g/mol. The first-order valence-electron chi connectivity index (χ1n) is 7.53. The number of nitrogens with zero attached hydrogens (tertiary/aromatic N) is 1. The van der Waals surface area contributed by atoms with Gasteiger partial charge >= 0.3 is 6.09 Å². The second-order valence-corrected chi connectivity index (χ2v) is 5.78. The molecule has 0 aliphatic carbocycles. The van der Waals surface area contributed by atoms with Crippen LogP contribution in [0.4, 0.5) is 4.79 Å². The molecule has 2 rings (SSSR count). The van der Waals surface area contributed by atoms with Crippen molar-refractivity contribution < 1.29 is 19.4 Å². The molecule has 0 bridgehead atoms. The van der Waals surface area contributed by atoms with Crippen molar-refractivity contribution in [3.8, 4) is 0 Å². The maximum absolute atomic E-state index is 11.6. The van der Waals surface area contributed by atoms with E-state index < -0.39 is 0 Å². The maximum atomic E-state index is 11.6. The standard InChI is InChI=1S/C14H26N2O4/c1-2-20-13(18)16-6-3-12(9-16)15-10-14(11-17)4-7-19-8-5-14/h12,15,17H,2-11H2,1H3. The highest BCUT2D eigenvalue weighted by molar-refractivity contribution is 5.68. The average Bonchev–Trinajstić information content (AvgIpc) is 2.95. The highest BCUT2D eigenvalue weighted by Crippen LogP contribution is 2.29. The Bertz CT molecular complexity index is 318. The molecule has 2 saturated heterocycles. The van der Waals surface area contributed by atoms with Gasteiger partial charge in [0.15, 0.2) is 0 Å². The number of ether oxygens (including phenoxy) is 2. The molecular formula is C14H26N2O4. The number of hydrogen-bond donors (Lipinski definition) is 2. The molecule has 2 N–H and O–H groups in total. The van der Waals surface area contributed by atoms with Crippen LogP contribution in [0.3, 0.4) is 0 Å². The maximum Gasteiger partial charge on any atom is 0.409 e. The molecule has 6 heteroatoms. The van der Waals surface area contributed by atoms with E-state index in [-0.39, 0.29) is 18.1 Å². The molecule has 0 saturated carbocycles. The van der Waals surface area contributed by atoms with Crippen LogP contribution in [-0.2, 0) is 9.47 Å². The minimum atomic E-state index is -0.222. The third kappa shape index (κ3) is 3.84. The largest absolute Gasteiger partial charge is 0.450 e. The molecule has 6 nitrogen and oxygen atoms in total. The molecule has 20 heavy (non-hydrogen) atoms. The number of aliphatic hydroxyl groups is 1. The summed E-state index contributed by atoms with van der Waals surface area (Å²) in [6.45, 7) is 6.10. The Balaban J connectivity index is 1.76. The van der Waals surface area contributed by atoms with Crippen LogP contribution in [-0.4, -0.2) is 68.2 Å². The molecule has 2 heterocycles.